The Bertz CT molecular complexity index is 1540. The van der Waals surface area contributed by atoms with E-state index in [2.05, 4.69) is 10.4 Å². The fraction of sp³-hybridized carbons (Fsp3) is 0.185. The topological polar surface area (TPSA) is 86.0 Å². The van der Waals surface area contributed by atoms with E-state index in [4.69, 9.17) is 0 Å². The molecule has 1 amide bonds. The first-order valence-electron chi connectivity index (χ1n) is 11.4. The Morgan fingerprint density at radius 1 is 0.973 bits per heavy atom. The normalized spacial score (nSPS) is 12.2. The Balaban J connectivity index is 1.81. The van der Waals surface area contributed by atoms with E-state index in [1.165, 1.54) is 12.1 Å². The van der Waals surface area contributed by atoms with E-state index in [-0.39, 0.29) is 5.56 Å². The second kappa shape index (κ2) is 10.3. The number of amides is 1. The van der Waals surface area contributed by atoms with Gasteiger partial charge in [0.2, 0.25) is 5.69 Å². The molecule has 1 heterocycles. The minimum absolute atomic E-state index is 0.0692. The number of hydrogen-bond acceptors (Lipinski definition) is 4. The van der Waals surface area contributed by atoms with Crippen LogP contribution in [-0.2, 0) is 12.7 Å². The minimum atomic E-state index is -4.60. The van der Waals surface area contributed by atoms with Crippen molar-refractivity contribution in [2.75, 3.05) is 0 Å². The molecule has 0 aliphatic rings. The summed E-state index contributed by atoms with van der Waals surface area (Å²) in [7, 11) is 0. The maximum atomic E-state index is 13.3. The van der Waals surface area contributed by atoms with Gasteiger partial charge in [-0.3, -0.25) is 14.2 Å². The summed E-state index contributed by atoms with van der Waals surface area (Å²) in [6.45, 7) is 3.09. The lowest BCUT2D eigenvalue weighted by Gasteiger charge is -2.16. The van der Waals surface area contributed by atoms with Gasteiger partial charge in [0.25, 0.3) is 11.5 Å². The number of alkyl halides is 3. The fourth-order valence-electron chi connectivity index (χ4n) is 3.77. The predicted molar refractivity (Wildman–Crippen MR) is 132 cm³/mol. The lowest BCUT2D eigenvalue weighted by Crippen LogP contribution is -2.46. The van der Waals surface area contributed by atoms with Crippen LogP contribution < -0.4 is 16.6 Å². The summed E-state index contributed by atoms with van der Waals surface area (Å²) < 4.78 is 41.3. The molecule has 4 aromatic rings. The molecule has 3 aromatic carbocycles. The number of benzene rings is 3. The Labute approximate surface area is 209 Å². The summed E-state index contributed by atoms with van der Waals surface area (Å²) >= 11 is 0. The average Bonchev–Trinajstić information content (AvgIpc) is 2.87. The van der Waals surface area contributed by atoms with Crippen LogP contribution in [0.4, 0.5) is 13.2 Å². The van der Waals surface area contributed by atoms with Crippen molar-refractivity contribution < 1.29 is 18.0 Å². The summed E-state index contributed by atoms with van der Waals surface area (Å²) in [5, 5.41) is 6.76. The quantitative estimate of drug-likeness (QED) is 0.422. The molecule has 0 unspecified atom stereocenters. The van der Waals surface area contributed by atoms with Gasteiger partial charge in [-0.15, -0.1) is 0 Å². The Morgan fingerprint density at radius 2 is 1.65 bits per heavy atom. The molecular formula is C27H23F3N4O3. The van der Waals surface area contributed by atoms with Gasteiger partial charge in [0.1, 0.15) is 0 Å². The van der Waals surface area contributed by atoms with Crippen LogP contribution in [0.3, 0.4) is 0 Å². The second-order valence-electron chi connectivity index (χ2n) is 8.57. The molecule has 0 fully saturated rings. The summed E-state index contributed by atoms with van der Waals surface area (Å²) in [6.07, 6.45) is -4.60. The number of nitrogens with one attached hydrogen (secondary N) is 1. The predicted octanol–water partition coefficient (Wildman–Crippen LogP) is 4.26. The SMILES string of the molecule is Cc1ccc(-n2nc(C(=O)N[C@@H](C)c3ccccc3)c(=O)n(Cc3cccc(C(F)(F)F)c3)c2=O)cc1. The van der Waals surface area contributed by atoms with Gasteiger partial charge in [-0.05, 0) is 49.2 Å². The fourth-order valence-corrected chi connectivity index (χ4v) is 3.77. The first-order valence-corrected chi connectivity index (χ1v) is 11.4. The van der Waals surface area contributed by atoms with E-state index in [0.29, 0.717) is 10.3 Å². The molecule has 4 rings (SSSR count). The molecule has 0 saturated heterocycles. The number of rotatable bonds is 6. The zero-order valence-electron chi connectivity index (χ0n) is 20.0. The van der Waals surface area contributed by atoms with Crippen LogP contribution in [0, 0.1) is 6.92 Å². The molecule has 0 saturated carbocycles. The molecule has 1 N–H and O–H groups in total. The molecule has 0 spiro atoms. The molecule has 1 aromatic heterocycles. The van der Waals surface area contributed by atoms with Gasteiger partial charge < -0.3 is 5.32 Å². The van der Waals surface area contributed by atoms with Crippen LogP contribution >= 0.6 is 0 Å². The van der Waals surface area contributed by atoms with Crippen LogP contribution in [0.1, 0.15) is 45.7 Å². The second-order valence-corrected chi connectivity index (χ2v) is 8.57. The molecule has 0 aliphatic heterocycles. The molecule has 10 heteroatoms. The number of carbonyl (C=O) groups excluding carboxylic acids is 1. The summed E-state index contributed by atoms with van der Waals surface area (Å²) in [6, 6.07) is 19.5. The van der Waals surface area contributed by atoms with Crippen molar-refractivity contribution in [2.45, 2.75) is 32.6 Å². The minimum Gasteiger partial charge on any atom is -0.344 e. The lowest BCUT2D eigenvalue weighted by molar-refractivity contribution is -0.137. The number of carbonyl (C=O) groups is 1. The highest BCUT2D eigenvalue weighted by Crippen LogP contribution is 2.29. The molecule has 0 aliphatic carbocycles. The largest absolute Gasteiger partial charge is 0.416 e. The summed E-state index contributed by atoms with van der Waals surface area (Å²) in [4.78, 5) is 39.7. The smallest absolute Gasteiger partial charge is 0.344 e. The summed E-state index contributed by atoms with van der Waals surface area (Å²) in [5.41, 5.74) is -1.33. The Hall–Kier alpha value is -4.47. The van der Waals surface area contributed by atoms with Crippen molar-refractivity contribution in [3.8, 4) is 5.69 Å². The number of hydrogen-bond donors (Lipinski definition) is 1. The van der Waals surface area contributed by atoms with Crippen molar-refractivity contribution >= 4 is 5.91 Å². The third-order valence-electron chi connectivity index (χ3n) is 5.80. The molecule has 37 heavy (non-hydrogen) atoms. The van der Waals surface area contributed by atoms with Crippen LogP contribution in [0.2, 0.25) is 0 Å². The van der Waals surface area contributed by atoms with E-state index in [1.54, 1.807) is 55.5 Å². The zero-order chi connectivity index (χ0) is 26.7. The zero-order valence-corrected chi connectivity index (χ0v) is 20.0. The molecule has 190 valence electrons. The van der Waals surface area contributed by atoms with Crippen molar-refractivity contribution in [2.24, 2.45) is 0 Å². The van der Waals surface area contributed by atoms with Crippen molar-refractivity contribution in [3.63, 3.8) is 0 Å². The molecule has 7 nitrogen and oxygen atoms in total. The van der Waals surface area contributed by atoms with Crippen molar-refractivity contribution in [1.29, 1.82) is 0 Å². The number of nitrogens with zero attached hydrogens (tertiary/aromatic N) is 3. The van der Waals surface area contributed by atoms with E-state index >= 15 is 0 Å². The van der Waals surface area contributed by atoms with E-state index in [0.717, 1.165) is 27.9 Å². The molecule has 1 atom stereocenters. The number of halogens is 3. The maximum Gasteiger partial charge on any atom is 0.416 e. The Morgan fingerprint density at radius 3 is 2.30 bits per heavy atom. The van der Waals surface area contributed by atoms with Gasteiger partial charge >= 0.3 is 11.9 Å². The van der Waals surface area contributed by atoms with E-state index < -0.39 is 47.2 Å². The van der Waals surface area contributed by atoms with Gasteiger partial charge in [-0.1, -0.05) is 60.2 Å². The summed E-state index contributed by atoms with van der Waals surface area (Å²) in [5.74, 6) is -0.819. The van der Waals surface area contributed by atoms with Crippen LogP contribution in [0.5, 0.6) is 0 Å². The van der Waals surface area contributed by atoms with Crippen molar-refractivity contribution in [1.82, 2.24) is 19.7 Å². The molecule has 0 radical (unpaired) electrons. The van der Waals surface area contributed by atoms with Crippen molar-refractivity contribution in [3.05, 3.63) is 128 Å². The first-order chi connectivity index (χ1) is 17.5. The number of aromatic nitrogens is 3. The average molecular weight is 509 g/mol. The van der Waals surface area contributed by atoms with Gasteiger partial charge in [0, 0.05) is 0 Å². The maximum absolute atomic E-state index is 13.3. The van der Waals surface area contributed by atoms with Gasteiger partial charge in [-0.2, -0.15) is 23.0 Å². The molecular weight excluding hydrogens is 485 g/mol. The highest BCUT2D eigenvalue weighted by molar-refractivity contribution is 5.92. The third-order valence-corrected chi connectivity index (χ3v) is 5.80. The standard InChI is InChI=1S/C27H23F3N4O3/c1-17-11-13-22(14-12-17)34-26(37)33(16-19-7-6-10-21(15-19)27(28,29)30)25(36)23(32-34)24(35)31-18(2)20-8-4-3-5-9-20/h3-15,18H,16H2,1-2H3,(H,31,35)/t18-/m0/s1. The van der Waals surface area contributed by atoms with Gasteiger partial charge in [0.05, 0.1) is 23.8 Å². The van der Waals surface area contributed by atoms with Crippen LogP contribution in [-0.4, -0.2) is 20.3 Å². The highest BCUT2D eigenvalue weighted by atomic mass is 19.4. The lowest BCUT2D eigenvalue weighted by atomic mass is 10.1. The van der Waals surface area contributed by atoms with Gasteiger partial charge in [-0.25, -0.2) is 4.79 Å². The van der Waals surface area contributed by atoms with Crippen LogP contribution in [0.15, 0.2) is 88.5 Å². The van der Waals surface area contributed by atoms with Gasteiger partial charge in [0.15, 0.2) is 0 Å². The van der Waals surface area contributed by atoms with E-state index in [9.17, 15) is 27.6 Å². The first kappa shape index (κ1) is 25.6. The van der Waals surface area contributed by atoms with E-state index in [1.807, 2.05) is 13.0 Å². The highest BCUT2D eigenvalue weighted by Gasteiger charge is 2.30. The number of aryl methyl sites for hydroxylation is 1. The monoisotopic (exact) mass is 508 g/mol. The van der Waals surface area contributed by atoms with Crippen LogP contribution in [0.25, 0.3) is 5.69 Å². The Kier molecular flexibility index (Phi) is 7.10. The molecule has 0 bridgehead atoms. The third kappa shape index (κ3) is 5.69.